The molecule has 0 aromatic heterocycles. The molecule has 0 amide bonds. The minimum Gasteiger partial charge on any atom is -0.508 e. The van der Waals surface area contributed by atoms with Crippen molar-refractivity contribution in [2.75, 3.05) is 14.2 Å². The Kier molecular flexibility index (Phi) is 2.48. The Hall–Kier alpha value is -1.32. The number of methoxy groups -OCH3 is 2. The first kappa shape index (κ1) is 8.78. The second-order valence-corrected chi connectivity index (χ2v) is 2.27. The third-order valence-electron chi connectivity index (χ3n) is 1.53. The molecule has 0 saturated heterocycles. The van der Waals surface area contributed by atoms with Gasteiger partial charge in [-0.05, 0) is 6.07 Å². The van der Waals surface area contributed by atoms with Gasteiger partial charge >= 0.3 is 0 Å². The Morgan fingerprint density at radius 2 is 1.67 bits per heavy atom. The molecule has 1 rings (SSSR count). The lowest BCUT2D eigenvalue weighted by atomic mass is 9.94. The fourth-order valence-corrected chi connectivity index (χ4v) is 0.884. The van der Waals surface area contributed by atoms with Crippen LogP contribution in [0.3, 0.4) is 0 Å². The van der Waals surface area contributed by atoms with Gasteiger partial charge in [0.25, 0.3) is 0 Å². The van der Waals surface area contributed by atoms with Crippen LogP contribution in [0.25, 0.3) is 0 Å². The summed E-state index contributed by atoms with van der Waals surface area (Å²) >= 11 is 0. The van der Waals surface area contributed by atoms with Crippen LogP contribution in [0.4, 0.5) is 0 Å². The standard InChI is InChI=1S/C8H9BO3/c1-11-7-3-5(9)6(10)4-8(7)12-2/h3-4,10H,1-2H3. The molecule has 1 aromatic carbocycles. The van der Waals surface area contributed by atoms with E-state index >= 15 is 0 Å². The van der Waals surface area contributed by atoms with Gasteiger partial charge in [-0.2, -0.15) is 0 Å². The molecule has 1 aromatic rings. The van der Waals surface area contributed by atoms with Gasteiger partial charge < -0.3 is 14.6 Å². The van der Waals surface area contributed by atoms with Gasteiger partial charge in [0.1, 0.15) is 13.6 Å². The first-order chi connectivity index (χ1) is 5.69. The molecule has 1 N–H and O–H groups in total. The number of rotatable bonds is 2. The van der Waals surface area contributed by atoms with Crippen LogP contribution in [0.2, 0.25) is 0 Å². The summed E-state index contributed by atoms with van der Waals surface area (Å²) in [6.45, 7) is 0. The molecule has 0 saturated carbocycles. The molecule has 0 atom stereocenters. The van der Waals surface area contributed by atoms with E-state index in [0.29, 0.717) is 11.5 Å². The maximum Gasteiger partial charge on any atom is 0.164 e. The lowest BCUT2D eigenvalue weighted by Gasteiger charge is -2.09. The van der Waals surface area contributed by atoms with Crippen LogP contribution in [-0.2, 0) is 0 Å². The van der Waals surface area contributed by atoms with Crippen LogP contribution >= 0.6 is 0 Å². The van der Waals surface area contributed by atoms with Crippen LogP contribution in [0.1, 0.15) is 0 Å². The first-order valence-corrected chi connectivity index (χ1v) is 3.39. The van der Waals surface area contributed by atoms with Crippen LogP contribution in [0, 0.1) is 0 Å². The predicted molar refractivity (Wildman–Crippen MR) is 46.6 cm³/mol. The van der Waals surface area contributed by atoms with Crippen LogP contribution in [0.15, 0.2) is 12.1 Å². The van der Waals surface area contributed by atoms with E-state index in [4.69, 9.17) is 17.3 Å². The van der Waals surface area contributed by atoms with E-state index in [1.54, 1.807) is 0 Å². The summed E-state index contributed by atoms with van der Waals surface area (Å²) in [5.41, 5.74) is 0.271. The van der Waals surface area contributed by atoms with Crippen molar-refractivity contribution in [3.63, 3.8) is 0 Å². The number of aromatic hydroxyl groups is 1. The van der Waals surface area contributed by atoms with Crippen molar-refractivity contribution in [3.05, 3.63) is 12.1 Å². The highest BCUT2D eigenvalue weighted by Crippen LogP contribution is 2.28. The highest BCUT2D eigenvalue weighted by Gasteiger charge is 2.06. The zero-order chi connectivity index (χ0) is 9.14. The van der Waals surface area contributed by atoms with Crippen molar-refractivity contribution >= 4 is 13.3 Å². The molecule has 0 spiro atoms. The molecule has 0 heterocycles. The van der Waals surface area contributed by atoms with Gasteiger partial charge in [-0.25, -0.2) is 0 Å². The first-order valence-electron chi connectivity index (χ1n) is 3.39. The van der Waals surface area contributed by atoms with Crippen LogP contribution in [0.5, 0.6) is 17.2 Å². The molecular formula is C8H9BO3. The molecule has 0 aliphatic carbocycles. The average Bonchev–Trinajstić information content (AvgIpc) is 2.09. The lowest BCUT2D eigenvalue weighted by Crippen LogP contribution is -2.04. The zero-order valence-electron chi connectivity index (χ0n) is 7.00. The highest BCUT2D eigenvalue weighted by atomic mass is 16.5. The lowest BCUT2D eigenvalue weighted by molar-refractivity contribution is 0.352. The summed E-state index contributed by atoms with van der Waals surface area (Å²) in [6.07, 6.45) is 0. The molecule has 3 nitrogen and oxygen atoms in total. The number of ether oxygens (including phenoxy) is 2. The van der Waals surface area contributed by atoms with Gasteiger partial charge in [0.15, 0.2) is 11.5 Å². The predicted octanol–water partition coefficient (Wildman–Crippen LogP) is 0.203. The molecule has 0 fully saturated rings. The molecule has 0 bridgehead atoms. The van der Waals surface area contributed by atoms with Gasteiger partial charge in [0.05, 0.1) is 14.2 Å². The van der Waals surface area contributed by atoms with Gasteiger partial charge in [0, 0.05) is 6.07 Å². The summed E-state index contributed by atoms with van der Waals surface area (Å²) in [5, 5.41) is 9.19. The number of hydrogen-bond donors (Lipinski definition) is 1. The van der Waals surface area contributed by atoms with Crippen molar-refractivity contribution in [2.45, 2.75) is 0 Å². The summed E-state index contributed by atoms with van der Waals surface area (Å²) in [4.78, 5) is 0. The normalized spacial score (nSPS) is 9.50. The molecule has 0 aliphatic heterocycles. The summed E-state index contributed by atoms with van der Waals surface area (Å²) in [6, 6.07) is 2.92. The smallest absolute Gasteiger partial charge is 0.164 e. The molecule has 4 heteroatoms. The maximum absolute atomic E-state index is 9.19. The summed E-state index contributed by atoms with van der Waals surface area (Å²) in [7, 11) is 8.44. The Balaban J connectivity index is 3.19. The zero-order valence-corrected chi connectivity index (χ0v) is 7.00. The largest absolute Gasteiger partial charge is 0.508 e. The summed E-state index contributed by atoms with van der Waals surface area (Å²) < 4.78 is 9.89. The van der Waals surface area contributed by atoms with E-state index in [1.807, 2.05) is 0 Å². The van der Waals surface area contributed by atoms with Gasteiger partial charge in [0.2, 0.25) is 0 Å². The number of phenols is 1. The quantitative estimate of drug-likeness (QED) is 0.634. The number of benzene rings is 1. The van der Waals surface area contributed by atoms with Gasteiger partial charge in [-0.15, -0.1) is 0 Å². The van der Waals surface area contributed by atoms with E-state index in [9.17, 15) is 5.11 Å². The van der Waals surface area contributed by atoms with E-state index in [2.05, 4.69) is 0 Å². The van der Waals surface area contributed by atoms with Gasteiger partial charge in [-0.1, -0.05) is 5.46 Å². The second-order valence-electron chi connectivity index (χ2n) is 2.27. The third-order valence-corrected chi connectivity index (χ3v) is 1.53. The van der Waals surface area contributed by atoms with E-state index in [1.165, 1.54) is 26.4 Å². The second kappa shape index (κ2) is 3.39. The van der Waals surface area contributed by atoms with Gasteiger partial charge in [-0.3, -0.25) is 0 Å². The van der Waals surface area contributed by atoms with Crippen molar-refractivity contribution < 1.29 is 14.6 Å². The molecular weight excluding hydrogens is 155 g/mol. The average molecular weight is 164 g/mol. The SMILES string of the molecule is [B]c1cc(OC)c(OC)cc1O. The van der Waals surface area contributed by atoms with E-state index < -0.39 is 0 Å². The fourth-order valence-electron chi connectivity index (χ4n) is 0.884. The third kappa shape index (κ3) is 1.47. The summed E-state index contributed by atoms with van der Waals surface area (Å²) in [5.74, 6) is 0.963. The minimum absolute atomic E-state index is 0.00681. The Bertz CT molecular complexity index is 257. The van der Waals surface area contributed by atoms with Crippen molar-refractivity contribution in [1.82, 2.24) is 0 Å². The molecule has 0 unspecified atom stereocenters. The Morgan fingerprint density at radius 3 is 2.17 bits per heavy atom. The number of phenolic OH excluding ortho intramolecular Hbond substituents is 1. The fraction of sp³-hybridized carbons (Fsp3) is 0.250. The van der Waals surface area contributed by atoms with Crippen molar-refractivity contribution in [1.29, 1.82) is 0 Å². The monoisotopic (exact) mass is 164 g/mol. The molecule has 2 radical (unpaired) electrons. The van der Waals surface area contributed by atoms with Crippen LogP contribution < -0.4 is 14.9 Å². The number of hydrogen-bond acceptors (Lipinski definition) is 3. The topological polar surface area (TPSA) is 38.7 Å². The highest BCUT2D eigenvalue weighted by molar-refractivity contribution is 6.34. The minimum atomic E-state index is -0.00681. The molecule has 62 valence electrons. The van der Waals surface area contributed by atoms with Crippen LogP contribution in [-0.4, -0.2) is 27.2 Å². The molecule has 0 aliphatic rings. The maximum atomic E-state index is 9.19. The van der Waals surface area contributed by atoms with E-state index in [-0.39, 0.29) is 11.2 Å². The van der Waals surface area contributed by atoms with E-state index in [0.717, 1.165) is 0 Å². The Labute approximate surface area is 72.3 Å². The molecule has 12 heavy (non-hydrogen) atoms. The van der Waals surface area contributed by atoms with Crippen molar-refractivity contribution in [2.24, 2.45) is 0 Å². The Morgan fingerprint density at radius 1 is 1.17 bits per heavy atom. The van der Waals surface area contributed by atoms with Crippen molar-refractivity contribution in [3.8, 4) is 17.2 Å².